The van der Waals surface area contributed by atoms with Crippen LogP contribution in [0, 0.1) is 17.8 Å². The predicted octanol–water partition coefficient (Wildman–Crippen LogP) is 11.7. The molecule has 0 radical (unpaired) electrons. The molecule has 50 heavy (non-hydrogen) atoms. The van der Waals surface area contributed by atoms with E-state index in [9.17, 15) is 0 Å². The normalized spacial score (nSPS) is 22.6. The summed E-state index contributed by atoms with van der Waals surface area (Å²) in [6, 6.07) is 39.5. The fourth-order valence-electron chi connectivity index (χ4n) is 8.37. The zero-order valence-corrected chi connectivity index (χ0v) is 29.1. The second-order valence-corrected chi connectivity index (χ2v) is 14.4. The summed E-state index contributed by atoms with van der Waals surface area (Å²) < 4.78 is 0. The van der Waals surface area contributed by atoms with Crippen LogP contribution < -0.4 is 0 Å². The zero-order valence-electron chi connectivity index (χ0n) is 29.1. The Hall–Kier alpha value is -5.15. The van der Waals surface area contributed by atoms with Crippen LogP contribution in [0.25, 0.3) is 33.9 Å². The first-order valence-electron chi connectivity index (χ1n) is 18.4. The van der Waals surface area contributed by atoms with Crippen molar-refractivity contribution in [3.8, 4) is 33.9 Å². The predicted molar refractivity (Wildman–Crippen MR) is 207 cm³/mol. The lowest BCUT2D eigenvalue weighted by Gasteiger charge is -2.39. The average Bonchev–Trinajstić information content (AvgIpc) is 3.19. The quantitative estimate of drug-likeness (QED) is 0.176. The standard InChI is InChI=1S/C47H45N3/c1-33-14-10-11-19-42(33)39-24-29-43(34(2)32-39)46-49-44(37-17-8-4-9-18-37)48-45(50-46)38-22-27-41(28-23-38)47(30-12-5-13-31-47)40-25-20-36(21-26-40)35-15-6-3-7-16-35/h3-4,6-11,14-29,32-34,42-43H,5,12-13,30-31H2,1-2H3. The molecule has 0 aliphatic heterocycles. The van der Waals surface area contributed by atoms with E-state index >= 15 is 0 Å². The first kappa shape index (κ1) is 32.1. The van der Waals surface area contributed by atoms with Crippen molar-refractivity contribution < 1.29 is 0 Å². The minimum Gasteiger partial charge on any atom is -0.212 e. The Kier molecular flexibility index (Phi) is 8.98. The molecular formula is C47H45N3. The Morgan fingerprint density at radius 2 is 1.04 bits per heavy atom. The van der Waals surface area contributed by atoms with Crippen molar-refractivity contribution >= 4 is 0 Å². The van der Waals surface area contributed by atoms with Gasteiger partial charge in [0.05, 0.1) is 0 Å². The van der Waals surface area contributed by atoms with E-state index in [1.165, 1.54) is 47.1 Å². The highest BCUT2D eigenvalue weighted by molar-refractivity contribution is 5.65. The Morgan fingerprint density at radius 3 is 1.64 bits per heavy atom. The molecule has 3 nitrogen and oxygen atoms in total. The summed E-state index contributed by atoms with van der Waals surface area (Å²) in [5.41, 5.74) is 8.74. The number of nitrogens with zero attached hydrogens (tertiary/aromatic N) is 3. The molecule has 0 bridgehead atoms. The molecule has 3 aliphatic rings. The van der Waals surface area contributed by atoms with Crippen LogP contribution in [-0.4, -0.2) is 15.0 Å². The van der Waals surface area contributed by atoms with Gasteiger partial charge in [0.25, 0.3) is 0 Å². The second kappa shape index (κ2) is 14.0. The van der Waals surface area contributed by atoms with Crippen molar-refractivity contribution in [1.82, 2.24) is 15.0 Å². The van der Waals surface area contributed by atoms with Gasteiger partial charge >= 0.3 is 0 Å². The summed E-state index contributed by atoms with van der Waals surface area (Å²) >= 11 is 0. The highest BCUT2D eigenvalue weighted by Crippen LogP contribution is 2.46. The SMILES string of the molecule is CC1C=CC=CC1C1=CC(C)C(c2nc(-c3ccccc3)nc(-c3ccc(C4(c5ccc(-c6ccccc6)cc5)CCCCC4)cc3)n2)C=C1. The van der Waals surface area contributed by atoms with Crippen LogP contribution in [-0.2, 0) is 5.41 Å². The third-order valence-corrected chi connectivity index (χ3v) is 11.2. The molecular weight excluding hydrogens is 607 g/mol. The summed E-state index contributed by atoms with van der Waals surface area (Å²) in [7, 11) is 0. The van der Waals surface area contributed by atoms with E-state index < -0.39 is 0 Å². The van der Waals surface area contributed by atoms with E-state index in [1.54, 1.807) is 0 Å². The fraction of sp³-hybridized carbons (Fsp3) is 0.255. The molecule has 1 saturated carbocycles. The topological polar surface area (TPSA) is 38.7 Å². The lowest BCUT2D eigenvalue weighted by atomic mass is 9.65. The molecule has 4 atom stereocenters. The lowest BCUT2D eigenvalue weighted by molar-refractivity contribution is 0.346. The summed E-state index contributed by atoms with van der Waals surface area (Å²) in [5.74, 6) is 3.51. The maximum Gasteiger partial charge on any atom is 0.163 e. The fourth-order valence-corrected chi connectivity index (χ4v) is 8.37. The molecule has 1 fully saturated rings. The van der Waals surface area contributed by atoms with Gasteiger partial charge in [0.15, 0.2) is 11.6 Å². The lowest BCUT2D eigenvalue weighted by Crippen LogP contribution is -2.30. The molecule has 5 aromatic rings. The third kappa shape index (κ3) is 6.33. The Morgan fingerprint density at radius 1 is 0.500 bits per heavy atom. The van der Waals surface area contributed by atoms with Crippen molar-refractivity contribution in [2.45, 2.75) is 57.3 Å². The van der Waals surface area contributed by atoms with E-state index in [2.05, 4.69) is 160 Å². The third-order valence-electron chi connectivity index (χ3n) is 11.2. The molecule has 3 aliphatic carbocycles. The van der Waals surface area contributed by atoms with E-state index in [4.69, 9.17) is 15.0 Å². The van der Waals surface area contributed by atoms with Gasteiger partial charge in [-0.25, -0.2) is 15.0 Å². The highest BCUT2D eigenvalue weighted by Gasteiger charge is 2.36. The van der Waals surface area contributed by atoms with Crippen molar-refractivity contribution in [2.24, 2.45) is 17.8 Å². The van der Waals surface area contributed by atoms with E-state index in [0.29, 0.717) is 11.8 Å². The summed E-state index contributed by atoms with van der Waals surface area (Å²) in [4.78, 5) is 15.4. The van der Waals surface area contributed by atoms with Gasteiger partial charge in [0, 0.05) is 28.4 Å². The zero-order chi connectivity index (χ0) is 33.9. The van der Waals surface area contributed by atoms with E-state index in [0.717, 1.165) is 41.4 Å². The number of hydrogen-bond donors (Lipinski definition) is 0. The van der Waals surface area contributed by atoms with Crippen molar-refractivity contribution in [1.29, 1.82) is 0 Å². The summed E-state index contributed by atoms with van der Waals surface area (Å²) in [6.07, 6.45) is 22.1. The molecule has 3 heteroatoms. The number of rotatable bonds is 7. The Bertz CT molecular complexity index is 2050. The van der Waals surface area contributed by atoms with Crippen LogP contribution >= 0.6 is 0 Å². The van der Waals surface area contributed by atoms with E-state index in [-0.39, 0.29) is 17.3 Å². The Balaban J connectivity index is 1.13. The highest BCUT2D eigenvalue weighted by atomic mass is 15.0. The first-order valence-corrected chi connectivity index (χ1v) is 18.4. The number of benzene rings is 4. The minimum absolute atomic E-state index is 0.0125. The van der Waals surface area contributed by atoms with Crippen LogP contribution in [0.3, 0.4) is 0 Å². The number of aromatic nitrogens is 3. The maximum atomic E-state index is 5.18. The van der Waals surface area contributed by atoms with Crippen LogP contribution in [0.15, 0.2) is 157 Å². The van der Waals surface area contributed by atoms with E-state index in [1.807, 2.05) is 6.07 Å². The Labute approximate surface area is 297 Å². The van der Waals surface area contributed by atoms with Crippen LogP contribution in [0.5, 0.6) is 0 Å². The molecule has 0 spiro atoms. The molecule has 0 amide bonds. The molecule has 4 unspecified atom stereocenters. The largest absolute Gasteiger partial charge is 0.212 e. The molecule has 248 valence electrons. The second-order valence-electron chi connectivity index (χ2n) is 14.4. The van der Waals surface area contributed by atoms with Crippen LogP contribution in [0.2, 0.25) is 0 Å². The number of allylic oxidation sites excluding steroid dienone is 8. The van der Waals surface area contributed by atoms with Crippen molar-refractivity contribution in [3.05, 3.63) is 174 Å². The molecule has 0 N–H and O–H groups in total. The first-order chi connectivity index (χ1) is 24.6. The average molecular weight is 652 g/mol. The van der Waals surface area contributed by atoms with Gasteiger partial charge in [-0.15, -0.1) is 0 Å². The van der Waals surface area contributed by atoms with Gasteiger partial charge in [-0.3, -0.25) is 0 Å². The van der Waals surface area contributed by atoms with Gasteiger partial charge in [-0.05, 0) is 52.5 Å². The summed E-state index contributed by atoms with van der Waals surface area (Å²) in [5, 5.41) is 0. The number of hydrogen-bond acceptors (Lipinski definition) is 3. The van der Waals surface area contributed by atoms with Gasteiger partial charge in [0.1, 0.15) is 5.82 Å². The van der Waals surface area contributed by atoms with Gasteiger partial charge in [0.2, 0.25) is 0 Å². The molecule has 0 saturated heterocycles. The van der Waals surface area contributed by atoms with Crippen LogP contribution in [0.4, 0.5) is 0 Å². The monoisotopic (exact) mass is 651 g/mol. The van der Waals surface area contributed by atoms with Gasteiger partial charge < -0.3 is 0 Å². The minimum atomic E-state index is 0.0125. The molecule has 1 heterocycles. The van der Waals surface area contributed by atoms with Crippen molar-refractivity contribution in [2.75, 3.05) is 0 Å². The molecule has 8 rings (SSSR count). The molecule has 4 aromatic carbocycles. The maximum absolute atomic E-state index is 5.18. The summed E-state index contributed by atoms with van der Waals surface area (Å²) in [6.45, 7) is 4.58. The van der Waals surface area contributed by atoms with Gasteiger partial charge in [-0.1, -0.05) is 185 Å². The van der Waals surface area contributed by atoms with Crippen molar-refractivity contribution in [3.63, 3.8) is 0 Å². The molecule has 1 aromatic heterocycles. The van der Waals surface area contributed by atoms with Gasteiger partial charge in [-0.2, -0.15) is 0 Å². The van der Waals surface area contributed by atoms with Crippen LogP contribution in [0.1, 0.15) is 68.8 Å². The smallest absolute Gasteiger partial charge is 0.163 e.